The van der Waals surface area contributed by atoms with Crippen molar-refractivity contribution >= 4 is 42.1 Å². The summed E-state index contributed by atoms with van der Waals surface area (Å²) in [4.78, 5) is 21.5. The van der Waals surface area contributed by atoms with E-state index in [-0.39, 0.29) is 42.6 Å². The van der Waals surface area contributed by atoms with E-state index in [0.717, 1.165) is 35.8 Å². The van der Waals surface area contributed by atoms with Crippen LogP contribution in [0.5, 0.6) is 0 Å². The summed E-state index contributed by atoms with van der Waals surface area (Å²) >= 11 is 1.57. The molecule has 1 saturated heterocycles. The van der Waals surface area contributed by atoms with E-state index in [0.29, 0.717) is 6.54 Å². The van der Waals surface area contributed by atoms with Gasteiger partial charge < -0.3 is 10.6 Å². The number of nitrogens with one attached hydrogen (secondary N) is 2. The smallest absolute Gasteiger partial charge is 0.291 e. The van der Waals surface area contributed by atoms with Gasteiger partial charge in [-0.15, -0.1) is 41.2 Å². The lowest BCUT2D eigenvalue weighted by molar-refractivity contribution is 0.0939. The van der Waals surface area contributed by atoms with Crippen LogP contribution in [0.2, 0.25) is 0 Å². The number of amides is 1. The third-order valence-corrected chi connectivity index (χ3v) is 4.34. The molecule has 2 N–H and O–H groups in total. The Bertz CT molecular complexity index is 626. The van der Waals surface area contributed by atoms with E-state index in [9.17, 15) is 4.79 Å². The van der Waals surface area contributed by atoms with Gasteiger partial charge >= 0.3 is 0 Å². The average Bonchev–Trinajstić information content (AvgIpc) is 3.15. The zero-order valence-corrected chi connectivity index (χ0v) is 15.1. The van der Waals surface area contributed by atoms with Crippen LogP contribution in [0.25, 0.3) is 0 Å². The molecular formula is C13H20Cl2N6OS. The maximum absolute atomic E-state index is 12.0. The molecule has 23 heavy (non-hydrogen) atoms. The summed E-state index contributed by atoms with van der Waals surface area (Å²) < 4.78 is 1.79. The minimum atomic E-state index is -0.259. The lowest BCUT2D eigenvalue weighted by Crippen LogP contribution is -2.32. The second kappa shape index (κ2) is 9.17. The number of thiazole rings is 1. The molecule has 1 unspecified atom stereocenters. The summed E-state index contributed by atoms with van der Waals surface area (Å²) in [5.74, 6) is -0.0424. The molecule has 3 rings (SSSR count). The Labute approximate surface area is 151 Å². The minimum absolute atomic E-state index is 0. The summed E-state index contributed by atoms with van der Waals surface area (Å²) in [5.41, 5.74) is 0. The van der Waals surface area contributed by atoms with Crippen molar-refractivity contribution in [2.45, 2.75) is 32.4 Å². The van der Waals surface area contributed by atoms with Crippen molar-refractivity contribution in [3.05, 3.63) is 28.2 Å². The number of carbonyl (C=O) groups excluding carboxylic acids is 1. The van der Waals surface area contributed by atoms with E-state index in [4.69, 9.17) is 0 Å². The van der Waals surface area contributed by atoms with Crippen LogP contribution in [0.15, 0.2) is 12.5 Å². The molecule has 0 radical (unpaired) electrons. The Balaban J connectivity index is 0.00000132. The Kier molecular flexibility index (Phi) is 7.90. The minimum Gasteiger partial charge on any atom is -0.343 e. The first-order valence-electron chi connectivity index (χ1n) is 7.04. The molecule has 2 aromatic rings. The molecular weight excluding hydrogens is 359 g/mol. The number of piperidine rings is 1. The number of aromatic nitrogens is 4. The van der Waals surface area contributed by atoms with Crippen LogP contribution >= 0.6 is 36.2 Å². The zero-order valence-electron chi connectivity index (χ0n) is 12.7. The highest BCUT2D eigenvalue weighted by Crippen LogP contribution is 2.15. The quantitative estimate of drug-likeness (QED) is 0.846. The summed E-state index contributed by atoms with van der Waals surface area (Å²) in [7, 11) is 0. The van der Waals surface area contributed by atoms with E-state index < -0.39 is 0 Å². The van der Waals surface area contributed by atoms with Gasteiger partial charge in [0.2, 0.25) is 5.82 Å². The Morgan fingerprint density at radius 1 is 1.48 bits per heavy atom. The first kappa shape index (κ1) is 19.8. The van der Waals surface area contributed by atoms with Crippen LogP contribution in [-0.4, -0.2) is 38.7 Å². The van der Waals surface area contributed by atoms with Crippen molar-refractivity contribution in [3.8, 4) is 0 Å². The topological polar surface area (TPSA) is 84.7 Å². The first-order valence-corrected chi connectivity index (χ1v) is 7.85. The molecule has 128 valence electrons. The van der Waals surface area contributed by atoms with Gasteiger partial charge in [0, 0.05) is 17.6 Å². The summed E-state index contributed by atoms with van der Waals surface area (Å²) in [6, 6.07) is 0.286. The zero-order chi connectivity index (χ0) is 14.7. The normalized spacial score (nSPS) is 17.0. The van der Waals surface area contributed by atoms with Gasteiger partial charge in [0.05, 0.1) is 12.6 Å². The van der Waals surface area contributed by atoms with Crippen LogP contribution in [0.4, 0.5) is 0 Å². The fraction of sp³-hybridized carbons (Fsp3) is 0.538. The van der Waals surface area contributed by atoms with E-state index in [1.807, 2.05) is 6.92 Å². The number of hydrogen-bond donors (Lipinski definition) is 2. The second-order valence-corrected chi connectivity index (χ2v) is 6.42. The average molecular weight is 379 g/mol. The number of hydrogen-bond acceptors (Lipinski definition) is 6. The Hall–Kier alpha value is -1.22. The molecule has 1 amide bonds. The maximum atomic E-state index is 12.0. The van der Waals surface area contributed by atoms with E-state index >= 15 is 0 Å². The van der Waals surface area contributed by atoms with Gasteiger partial charge in [-0.1, -0.05) is 0 Å². The van der Waals surface area contributed by atoms with Crippen LogP contribution in [-0.2, 0) is 6.54 Å². The Morgan fingerprint density at radius 3 is 2.96 bits per heavy atom. The van der Waals surface area contributed by atoms with Crippen molar-refractivity contribution in [2.75, 3.05) is 13.1 Å². The summed E-state index contributed by atoms with van der Waals surface area (Å²) in [6.45, 7) is 4.33. The number of aryl methyl sites for hydroxylation is 1. The molecule has 0 saturated carbocycles. The van der Waals surface area contributed by atoms with Crippen LogP contribution in [0, 0.1) is 6.92 Å². The third kappa shape index (κ3) is 5.13. The molecule has 2 aromatic heterocycles. The molecule has 0 bridgehead atoms. The largest absolute Gasteiger partial charge is 0.343 e. The van der Waals surface area contributed by atoms with Gasteiger partial charge in [0.25, 0.3) is 5.91 Å². The molecule has 0 aromatic carbocycles. The number of nitrogens with zero attached hydrogens (tertiary/aromatic N) is 4. The van der Waals surface area contributed by atoms with Crippen molar-refractivity contribution in [2.24, 2.45) is 0 Å². The highest BCUT2D eigenvalue weighted by Gasteiger charge is 2.18. The molecule has 1 atom stereocenters. The molecule has 3 heterocycles. The predicted molar refractivity (Wildman–Crippen MR) is 93.7 cm³/mol. The number of halogens is 2. The van der Waals surface area contributed by atoms with Crippen molar-refractivity contribution in [1.82, 2.24) is 30.4 Å². The molecule has 0 aliphatic carbocycles. The van der Waals surface area contributed by atoms with Gasteiger partial charge in [-0.3, -0.25) is 4.79 Å². The third-order valence-electron chi connectivity index (χ3n) is 3.43. The van der Waals surface area contributed by atoms with Gasteiger partial charge in [-0.2, -0.15) is 0 Å². The Morgan fingerprint density at radius 2 is 2.30 bits per heavy atom. The molecule has 7 nitrogen and oxygen atoms in total. The van der Waals surface area contributed by atoms with Gasteiger partial charge in [-0.25, -0.2) is 14.6 Å². The van der Waals surface area contributed by atoms with Crippen LogP contribution in [0.1, 0.15) is 39.4 Å². The molecule has 0 spiro atoms. The maximum Gasteiger partial charge on any atom is 0.291 e. The lowest BCUT2D eigenvalue weighted by Gasteiger charge is -2.22. The van der Waals surface area contributed by atoms with Gasteiger partial charge in [0.1, 0.15) is 11.3 Å². The van der Waals surface area contributed by atoms with Crippen LogP contribution < -0.4 is 10.6 Å². The van der Waals surface area contributed by atoms with E-state index in [2.05, 4.69) is 25.7 Å². The molecule has 1 fully saturated rings. The number of rotatable bonds is 4. The predicted octanol–water partition coefficient (Wildman–Crippen LogP) is 1.74. The first-order chi connectivity index (χ1) is 10.2. The summed E-state index contributed by atoms with van der Waals surface area (Å²) in [5, 5.41) is 11.3. The fourth-order valence-electron chi connectivity index (χ4n) is 2.33. The fourth-order valence-corrected chi connectivity index (χ4v) is 3.06. The SMILES string of the molecule is Cc1cnc(CNC(=O)c2ncn(C3CCCNC3)n2)s1.Cl.Cl. The lowest BCUT2D eigenvalue weighted by atomic mass is 10.1. The van der Waals surface area contributed by atoms with Crippen LogP contribution in [0.3, 0.4) is 0 Å². The van der Waals surface area contributed by atoms with Crippen molar-refractivity contribution < 1.29 is 4.79 Å². The highest BCUT2D eigenvalue weighted by molar-refractivity contribution is 7.11. The van der Waals surface area contributed by atoms with Crippen molar-refractivity contribution in [1.29, 1.82) is 0 Å². The van der Waals surface area contributed by atoms with E-state index in [1.165, 1.54) is 0 Å². The van der Waals surface area contributed by atoms with E-state index in [1.54, 1.807) is 28.5 Å². The summed E-state index contributed by atoms with van der Waals surface area (Å²) in [6.07, 6.45) is 5.63. The monoisotopic (exact) mass is 378 g/mol. The van der Waals surface area contributed by atoms with Gasteiger partial charge in [-0.05, 0) is 26.3 Å². The molecule has 1 aliphatic rings. The highest BCUT2D eigenvalue weighted by atomic mass is 35.5. The number of carbonyl (C=O) groups is 1. The standard InChI is InChI=1S/C13H18N6OS.2ClH/c1-9-5-15-11(21-9)7-16-13(20)12-17-8-19(18-12)10-3-2-4-14-6-10;;/h5,8,10,14H,2-4,6-7H2,1H3,(H,16,20);2*1H. The second-order valence-electron chi connectivity index (χ2n) is 5.10. The van der Waals surface area contributed by atoms with Crippen molar-refractivity contribution in [3.63, 3.8) is 0 Å². The van der Waals surface area contributed by atoms with Gasteiger partial charge in [0.15, 0.2) is 0 Å². The molecule has 1 aliphatic heterocycles. The molecule has 10 heteroatoms.